The van der Waals surface area contributed by atoms with Crippen molar-refractivity contribution in [2.24, 2.45) is 11.8 Å². The Hall–Kier alpha value is -0.820. The minimum absolute atomic E-state index is 0.242. The van der Waals surface area contributed by atoms with E-state index in [0.717, 1.165) is 0 Å². The second-order valence-electron chi connectivity index (χ2n) is 4.92. The number of aliphatic hydroxyl groups excluding tert-OH is 1. The molecule has 1 nitrogen and oxygen atoms in total. The Morgan fingerprint density at radius 1 is 0.867 bits per heavy atom. The standard InChI is InChI=1S/C14H22O/c1-10(2)13(14(15)11(3)4)12-8-6-5-7-9-12/h5-11,13-15H,1-4H3/t13-,14-/m0/s1. The molecule has 1 N–H and O–H groups in total. The monoisotopic (exact) mass is 206 g/mol. The predicted molar refractivity (Wildman–Crippen MR) is 64.9 cm³/mol. The van der Waals surface area contributed by atoms with Crippen LogP contribution >= 0.6 is 0 Å². The van der Waals surface area contributed by atoms with Crippen LogP contribution in [0.5, 0.6) is 0 Å². The normalized spacial score (nSPS) is 15.7. The lowest BCUT2D eigenvalue weighted by molar-refractivity contribution is 0.0788. The first kappa shape index (κ1) is 12.3. The molecule has 0 bridgehead atoms. The largest absolute Gasteiger partial charge is 0.392 e. The Bertz CT molecular complexity index is 277. The van der Waals surface area contributed by atoms with Crippen LogP contribution in [-0.2, 0) is 0 Å². The van der Waals surface area contributed by atoms with Crippen LogP contribution in [0.3, 0.4) is 0 Å². The fourth-order valence-corrected chi connectivity index (χ4v) is 2.07. The summed E-state index contributed by atoms with van der Waals surface area (Å²) in [5, 5.41) is 10.2. The quantitative estimate of drug-likeness (QED) is 0.800. The summed E-state index contributed by atoms with van der Waals surface area (Å²) in [6, 6.07) is 10.3. The van der Waals surface area contributed by atoms with Crippen LogP contribution in [0.15, 0.2) is 30.3 Å². The molecule has 0 radical (unpaired) electrons. The molecule has 15 heavy (non-hydrogen) atoms. The molecule has 84 valence electrons. The fourth-order valence-electron chi connectivity index (χ4n) is 2.07. The minimum Gasteiger partial charge on any atom is -0.392 e. The van der Waals surface area contributed by atoms with Crippen molar-refractivity contribution >= 4 is 0 Å². The van der Waals surface area contributed by atoms with E-state index < -0.39 is 0 Å². The maximum atomic E-state index is 10.2. The van der Waals surface area contributed by atoms with Crippen LogP contribution in [0, 0.1) is 11.8 Å². The molecule has 1 aromatic rings. The van der Waals surface area contributed by atoms with Gasteiger partial charge in [0.15, 0.2) is 0 Å². The maximum Gasteiger partial charge on any atom is 0.0634 e. The number of rotatable bonds is 4. The van der Waals surface area contributed by atoms with E-state index in [1.54, 1.807) is 0 Å². The van der Waals surface area contributed by atoms with E-state index in [2.05, 4.69) is 39.8 Å². The van der Waals surface area contributed by atoms with Crippen molar-refractivity contribution in [1.82, 2.24) is 0 Å². The smallest absolute Gasteiger partial charge is 0.0634 e. The molecule has 1 rings (SSSR count). The zero-order chi connectivity index (χ0) is 11.4. The minimum atomic E-state index is -0.257. The van der Waals surface area contributed by atoms with E-state index >= 15 is 0 Å². The molecular formula is C14H22O. The van der Waals surface area contributed by atoms with E-state index in [9.17, 15) is 5.11 Å². The molecule has 0 amide bonds. The number of aliphatic hydroxyl groups is 1. The van der Waals surface area contributed by atoms with Gasteiger partial charge in [-0.05, 0) is 17.4 Å². The molecular weight excluding hydrogens is 184 g/mol. The summed E-state index contributed by atoms with van der Waals surface area (Å²) in [4.78, 5) is 0. The molecule has 2 atom stereocenters. The molecule has 0 aliphatic rings. The highest BCUT2D eigenvalue weighted by atomic mass is 16.3. The van der Waals surface area contributed by atoms with Crippen molar-refractivity contribution in [2.45, 2.75) is 39.7 Å². The highest BCUT2D eigenvalue weighted by Gasteiger charge is 2.26. The third-order valence-corrected chi connectivity index (χ3v) is 2.95. The number of hydrogen-bond acceptors (Lipinski definition) is 1. The van der Waals surface area contributed by atoms with Crippen LogP contribution in [0.25, 0.3) is 0 Å². The van der Waals surface area contributed by atoms with Gasteiger partial charge < -0.3 is 5.11 Å². The SMILES string of the molecule is CC(C)[C@@H](c1ccccc1)[C@@H](O)C(C)C. The molecule has 0 heterocycles. The first-order chi connectivity index (χ1) is 7.04. The first-order valence-corrected chi connectivity index (χ1v) is 5.77. The van der Waals surface area contributed by atoms with Gasteiger partial charge in [0.2, 0.25) is 0 Å². The molecule has 0 aliphatic carbocycles. The zero-order valence-corrected chi connectivity index (χ0v) is 10.1. The van der Waals surface area contributed by atoms with Gasteiger partial charge in [0.1, 0.15) is 0 Å². The molecule has 0 aliphatic heterocycles. The maximum absolute atomic E-state index is 10.2. The van der Waals surface area contributed by atoms with Gasteiger partial charge in [-0.1, -0.05) is 58.0 Å². The van der Waals surface area contributed by atoms with Gasteiger partial charge in [0, 0.05) is 5.92 Å². The molecule has 0 unspecified atom stereocenters. The van der Waals surface area contributed by atoms with Crippen LogP contribution in [0.1, 0.15) is 39.2 Å². The number of benzene rings is 1. The summed E-state index contributed by atoms with van der Waals surface area (Å²) < 4.78 is 0. The summed E-state index contributed by atoms with van der Waals surface area (Å²) in [5.41, 5.74) is 1.24. The van der Waals surface area contributed by atoms with Crippen LogP contribution in [0.2, 0.25) is 0 Å². The molecule has 0 aromatic heterocycles. The van der Waals surface area contributed by atoms with Gasteiger partial charge in [-0.3, -0.25) is 0 Å². The van der Waals surface area contributed by atoms with E-state index in [1.165, 1.54) is 5.56 Å². The third-order valence-electron chi connectivity index (χ3n) is 2.95. The Labute approximate surface area is 93.1 Å². The molecule has 1 aromatic carbocycles. The van der Waals surface area contributed by atoms with Crippen molar-refractivity contribution in [3.05, 3.63) is 35.9 Å². The van der Waals surface area contributed by atoms with Crippen molar-refractivity contribution in [1.29, 1.82) is 0 Å². The van der Waals surface area contributed by atoms with Crippen molar-refractivity contribution in [3.8, 4) is 0 Å². The molecule has 0 saturated heterocycles. The zero-order valence-electron chi connectivity index (χ0n) is 10.1. The highest BCUT2D eigenvalue weighted by molar-refractivity contribution is 5.21. The fraction of sp³-hybridized carbons (Fsp3) is 0.571. The molecule has 1 heteroatoms. The lowest BCUT2D eigenvalue weighted by atomic mass is 9.80. The highest BCUT2D eigenvalue weighted by Crippen LogP contribution is 2.31. The van der Waals surface area contributed by atoms with Crippen LogP contribution < -0.4 is 0 Å². The average Bonchev–Trinajstić information content (AvgIpc) is 2.18. The molecule has 0 fully saturated rings. The number of hydrogen-bond donors (Lipinski definition) is 1. The van der Waals surface area contributed by atoms with Crippen LogP contribution in [-0.4, -0.2) is 11.2 Å². The van der Waals surface area contributed by atoms with Gasteiger partial charge in [0.25, 0.3) is 0 Å². The topological polar surface area (TPSA) is 20.2 Å². The summed E-state index contributed by atoms with van der Waals surface area (Å²) in [5.74, 6) is 1.01. The lowest BCUT2D eigenvalue weighted by Crippen LogP contribution is -2.27. The first-order valence-electron chi connectivity index (χ1n) is 5.77. The Balaban J connectivity index is 2.93. The third kappa shape index (κ3) is 3.07. The Kier molecular flexibility index (Phi) is 4.34. The van der Waals surface area contributed by atoms with Crippen molar-refractivity contribution in [3.63, 3.8) is 0 Å². The van der Waals surface area contributed by atoms with Gasteiger partial charge >= 0.3 is 0 Å². The van der Waals surface area contributed by atoms with Crippen molar-refractivity contribution < 1.29 is 5.11 Å². The average molecular weight is 206 g/mol. The van der Waals surface area contributed by atoms with E-state index in [-0.39, 0.29) is 12.0 Å². The van der Waals surface area contributed by atoms with Gasteiger partial charge in [0.05, 0.1) is 6.10 Å². The Morgan fingerprint density at radius 3 is 1.80 bits per heavy atom. The summed E-state index contributed by atoms with van der Waals surface area (Å²) in [7, 11) is 0. The van der Waals surface area contributed by atoms with E-state index in [4.69, 9.17) is 0 Å². The van der Waals surface area contributed by atoms with E-state index in [1.807, 2.05) is 18.2 Å². The van der Waals surface area contributed by atoms with Crippen molar-refractivity contribution in [2.75, 3.05) is 0 Å². The summed E-state index contributed by atoms with van der Waals surface area (Å²) >= 11 is 0. The predicted octanol–water partition coefficient (Wildman–Crippen LogP) is 3.44. The van der Waals surface area contributed by atoms with Crippen LogP contribution in [0.4, 0.5) is 0 Å². The van der Waals surface area contributed by atoms with E-state index in [0.29, 0.717) is 11.8 Å². The summed E-state index contributed by atoms with van der Waals surface area (Å²) in [6.07, 6.45) is -0.257. The Morgan fingerprint density at radius 2 is 1.40 bits per heavy atom. The van der Waals surface area contributed by atoms with Gasteiger partial charge in [-0.2, -0.15) is 0 Å². The lowest BCUT2D eigenvalue weighted by Gasteiger charge is -2.29. The van der Waals surface area contributed by atoms with Gasteiger partial charge in [-0.25, -0.2) is 0 Å². The second-order valence-corrected chi connectivity index (χ2v) is 4.92. The molecule has 0 saturated carbocycles. The van der Waals surface area contributed by atoms with Gasteiger partial charge in [-0.15, -0.1) is 0 Å². The summed E-state index contributed by atoms with van der Waals surface area (Å²) in [6.45, 7) is 8.48. The molecule has 0 spiro atoms. The second kappa shape index (κ2) is 5.32.